The minimum absolute atomic E-state index is 0.183. The highest BCUT2D eigenvalue weighted by molar-refractivity contribution is 9.09. The number of para-hydroxylation sites is 1. The molecule has 0 aromatic heterocycles. The SMILES string of the molecule is COc1cccc(C=CCBr)c1O. The van der Waals surface area contributed by atoms with Gasteiger partial charge in [0.2, 0.25) is 0 Å². The van der Waals surface area contributed by atoms with Crippen molar-refractivity contribution in [3.05, 3.63) is 29.8 Å². The summed E-state index contributed by atoms with van der Waals surface area (Å²) in [4.78, 5) is 0. The van der Waals surface area contributed by atoms with Crippen LogP contribution in [0.4, 0.5) is 0 Å². The minimum atomic E-state index is 0.183. The first-order valence-corrected chi connectivity index (χ1v) is 5.00. The fourth-order valence-corrected chi connectivity index (χ4v) is 1.20. The van der Waals surface area contributed by atoms with Gasteiger partial charge in [0.05, 0.1) is 7.11 Å². The van der Waals surface area contributed by atoms with Crippen LogP contribution in [0.5, 0.6) is 11.5 Å². The number of phenolic OH excluding ortho intramolecular Hbond substituents is 1. The van der Waals surface area contributed by atoms with Crippen LogP contribution in [0.2, 0.25) is 0 Å². The molecule has 0 fully saturated rings. The molecule has 2 nitrogen and oxygen atoms in total. The zero-order chi connectivity index (χ0) is 9.68. The van der Waals surface area contributed by atoms with Gasteiger partial charge in [-0.15, -0.1) is 0 Å². The Balaban J connectivity index is 3.01. The largest absolute Gasteiger partial charge is 0.504 e. The Morgan fingerprint density at radius 2 is 2.31 bits per heavy atom. The van der Waals surface area contributed by atoms with Crippen molar-refractivity contribution >= 4 is 22.0 Å². The lowest BCUT2D eigenvalue weighted by atomic mass is 10.2. The number of rotatable bonds is 3. The third-order valence-electron chi connectivity index (χ3n) is 1.64. The van der Waals surface area contributed by atoms with Gasteiger partial charge in [-0.25, -0.2) is 0 Å². The van der Waals surface area contributed by atoms with Gasteiger partial charge in [0.25, 0.3) is 0 Å². The van der Waals surface area contributed by atoms with Crippen LogP contribution in [0.25, 0.3) is 6.08 Å². The average Bonchev–Trinajstić information content (AvgIpc) is 2.16. The highest BCUT2D eigenvalue weighted by Gasteiger charge is 2.03. The topological polar surface area (TPSA) is 29.5 Å². The fourth-order valence-electron chi connectivity index (χ4n) is 1.01. The molecule has 13 heavy (non-hydrogen) atoms. The molecule has 1 aromatic carbocycles. The lowest BCUT2D eigenvalue weighted by Crippen LogP contribution is -1.84. The first-order valence-electron chi connectivity index (χ1n) is 3.88. The fraction of sp³-hybridized carbons (Fsp3) is 0.200. The van der Waals surface area contributed by atoms with E-state index in [-0.39, 0.29) is 5.75 Å². The summed E-state index contributed by atoms with van der Waals surface area (Å²) in [6, 6.07) is 5.39. The number of ether oxygens (including phenoxy) is 1. The number of alkyl halides is 1. The van der Waals surface area contributed by atoms with Gasteiger partial charge in [0, 0.05) is 10.9 Å². The molecule has 0 heterocycles. The molecule has 0 saturated carbocycles. The van der Waals surface area contributed by atoms with Gasteiger partial charge in [-0.1, -0.05) is 40.2 Å². The third kappa shape index (κ3) is 2.49. The Kier molecular flexibility index (Phi) is 3.83. The van der Waals surface area contributed by atoms with Gasteiger partial charge in [-0.2, -0.15) is 0 Å². The van der Waals surface area contributed by atoms with E-state index in [4.69, 9.17) is 4.74 Å². The van der Waals surface area contributed by atoms with E-state index in [1.165, 1.54) is 7.11 Å². The molecule has 0 radical (unpaired) electrons. The molecule has 1 N–H and O–H groups in total. The summed E-state index contributed by atoms with van der Waals surface area (Å²) < 4.78 is 4.97. The molecule has 0 spiro atoms. The van der Waals surface area contributed by atoms with Crippen LogP contribution in [-0.4, -0.2) is 17.5 Å². The predicted molar refractivity (Wildman–Crippen MR) is 57.5 cm³/mol. The molecule has 70 valence electrons. The van der Waals surface area contributed by atoms with Crippen molar-refractivity contribution in [3.63, 3.8) is 0 Å². The standard InChI is InChI=1S/C10H11BrO2/c1-13-9-6-2-4-8(10(9)12)5-3-7-11/h2-6,12H,7H2,1H3. The lowest BCUT2D eigenvalue weighted by molar-refractivity contribution is 0.373. The van der Waals surface area contributed by atoms with Crippen molar-refractivity contribution in [3.8, 4) is 11.5 Å². The molecule has 0 bridgehead atoms. The number of benzene rings is 1. The maximum Gasteiger partial charge on any atom is 0.165 e. The number of methoxy groups -OCH3 is 1. The normalized spacial score (nSPS) is 10.6. The van der Waals surface area contributed by atoms with Crippen LogP contribution < -0.4 is 4.74 Å². The second-order valence-electron chi connectivity index (χ2n) is 2.45. The maximum absolute atomic E-state index is 9.62. The molecule has 0 saturated heterocycles. The van der Waals surface area contributed by atoms with Gasteiger partial charge in [0.15, 0.2) is 11.5 Å². The number of allylic oxidation sites excluding steroid dienone is 1. The summed E-state index contributed by atoms with van der Waals surface area (Å²) in [5.41, 5.74) is 0.763. The van der Waals surface area contributed by atoms with Crippen molar-refractivity contribution in [2.75, 3.05) is 12.4 Å². The van der Waals surface area contributed by atoms with Gasteiger partial charge < -0.3 is 9.84 Å². The highest BCUT2D eigenvalue weighted by Crippen LogP contribution is 2.29. The molecule has 1 rings (SSSR count). The van der Waals surface area contributed by atoms with Gasteiger partial charge in [-0.3, -0.25) is 0 Å². The molecule has 0 aliphatic heterocycles. The van der Waals surface area contributed by atoms with E-state index >= 15 is 0 Å². The summed E-state index contributed by atoms with van der Waals surface area (Å²) in [5.74, 6) is 0.680. The molecule has 0 atom stereocenters. The van der Waals surface area contributed by atoms with Crippen LogP contribution in [0.3, 0.4) is 0 Å². The van der Waals surface area contributed by atoms with Gasteiger partial charge >= 0.3 is 0 Å². The Morgan fingerprint density at radius 1 is 1.54 bits per heavy atom. The second-order valence-corrected chi connectivity index (χ2v) is 3.10. The van der Waals surface area contributed by atoms with E-state index < -0.39 is 0 Å². The Bertz CT molecular complexity index is 308. The van der Waals surface area contributed by atoms with E-state index in [1.807, 2.05) is 24.3 Å². The van der Waals surface area contributed by atoms with Crippen LogP contribution in [0.15, 0.2) is 24.3 Å². The van der Waals surface area contributed by atoms with Crippen molar-refractivity contribution in [2.24, 2.45) is 0 Å². The van der Waals surface area contributed by atoms with Gasteiger partial charge in [0.1, 0.15) is 0 Å². The average molecular weight is 243 g/mol. The van der Waals surface area contributed by atoms with E-state index in [9.17, 15) is 5.11 Å². The monoisotopic (exact) mass is 242 g/mol. The number of aromatic hydroxyl groups is 1. The second kappa shape index (κ2) is 4.92. The van der Waals surface area contributed by atoms with Crippen LogP contribution in [-0.2, 0) is 0 Å². The lowest BCUT2D eigenvalue weighted by Gasteiger charge is -2.04. The predicted octanol–water partition coefficient (Wildman–Crippen LogP) is 2.81. The third-order valence-corrected chi connectivity index (χ3v) is 2.01. The maximum atomic E-state index is 9.62. The molecule has 0 amide bonds. The van der Waals surface area contributed by atoms with Crippen molar-refractivity contribution < 1.29 is 9.84 Å². The summed E-state index contributed by atoms with van der Waals surface area (Å²) >= 11 is 3.27. The van der Waals surface area contributed by atoms with Crippen molar-refractivity contribution in [1.29, 1.82) is 0 Å². The van der Waals surface area contributed by atoms with E-state index in [0.29, 0.717) is 5.75 Å². The summed E-state index contributed by atoms with van der Waals surface area (Å²) in [5, 5.41) is 10.4. The zero-order valence-electron chi connectivity index (χ0n) is 7.33. The number of hydrogen-bond acceptors (Lipinski definition) is 2. The first kappa shape index (κ1) is 10.1. The molecule has 3 heteroatoms. The van der Waals surface area contributed by atoms with E-state index in [0.717, 1.165) is 10.9 Å². The molecule has 0 aliphatic rings. The van der Waals surface area contributed by atoms with Crippen molar-refractivity contribution in [1.82, 2.24) is 0 Å². The summed E-state index contributed by atoms with van der Waals surface area (Å²) in [7, 11) is 1.53. The first-order chi connectivity index (χ1) is 6.29. The highest BCUT2D eigenvalue weighted by atomic mass is 79.9. The number of halogens is 1. The molecule has 0 unspecified atom stereocenters. The molecule has 1 aromatic rings. The number of phenols is 1. The van der Waals surface area contributed by atoms with Crippen LogP contribution in [0.1, 0.15) is 5.56 Å². The van der Waals surface area contributed by atoms with E-state index in [1.54, 1.807) is 6.07 Å². The number of hydrogen-bond donors (Lipinski definition) is 1. The minimum Gasteiger partial charge on any atom is -0.504 e. The van der Waals surface area contributed by atoms with Crippen LogP contribution in [0, 0.1) is 0 Å². The quantitative estimate of drug-likeness (QED) is 0.827. The Morgan fingerprint density at radius 3 is 2.92 bits per heavy atom. The molecule has 0 aliphatic carbocycles. The van der Waals surface area contributed by atoms with Gasteiger partial charge in [-0.05, 0) is 6.07 Å². The van der Waals surface area contributed by atoms with Crippen molar-refractivity contribution in [2.45, 2.75) is 0 Å². The zero-order valence-corrected chi connectivity index (χ0v) is 8.91. The summed E-state index contributed by atoms with van der Waals surface area (Å²) in [6.45, 7) is 0. The Labute approximate surface area is 86.0 Å². The molecular weight excluding hydrogens is 232 g/mol. The smallest absolute Gasteiger partial charge is 0.165 e. The Hall–Kier alpha value is -0.960. The van der Waals surface area contributed by atoms with Crippen LogP contribution >= 0.6 is 15.9 Å². The van der Waals surface area contributed by atoms with E-state index in [2.05, 4.69) is 15.9 Å². The summed E-state index contributed by atoms with van der Waals surface area (Å²) in [6.07, 6.45) is 3.75. The molecular formula is C10H11BrO2.